The third kappa shape index (κ3) is 4.10. The minimum atomic E-state index is -0.537. The van der Waals surface area contributed by atoms with Gasteiger partial charge in [0, 0.05) is 28.6 Å². The third-order valence-electron chi connectivity index (χ3n) is 3.41. The molecule has 1 aromatic rings. The van der Waals surface area contributed by atoms with Gasteiger partial charge in [0.15, 0.2) is 5.78 Å². The molecule has 0 saturated carbocycles. The van der Waals surface area contributed by atoms with E-state index >= 15 is 0 Å². The Morgan fingerprint density at radius 3 is 2.59 bits per heavy atom. The predicted molar refractivity (Wildman–Crippen MR) is 87.7 cm³/mol. The Morgan fingerprint density at radius 2 is 1.95 bits per heavy atom. The lowest BCUT2D eigenvalue weighted by Crippen LogP contribution is -2.42. The van der Waals surface area contributed by atoms with Crippen molar-refractivity contribution in [3.8, 4) is 0 Å². The maximum Gasteiger partial charge on any atom is 0.329 e. The molecule has 1 aliphatic rings. The number of carbonyl (C=O) groups excluding carboxylic acids is 3. The lowest BCUT2D eigenvalue weighted by molar-refractivity contribution is -0.150. The number of ether oxygens (including phenoxy) is 1. The molecule has 0 bridgehead atoms. The highest BCUT2D eigenvalue weighted by molar-refractivity contribution is 9.10. The molecule has 0 aliphatic carbocycles. The Bertz CT molecular complexity index is 575. The SMILES string of the molecule is COC(=O)[C@@H]1CSCN1C(=O)CCC(=O)c1ccc(Br)cc1. The second kappa shape index (κ2) is 7.78. The maximum atomic E-state index is 12.2. The van der Waals surface area contributed by atoms with E-state index in [1.165, 1.54) is 23.8 Å². The van der Waals surface area contributed by atoms with Crippen molar-refractivity contribution in [2.45, 2.75) is 18.9 Å². The monoisotopic (exact) mass is 385 g/mol. The number of hydrogen-bond acceptors (Lipinski definition) is 5. The van der Waals surface area contributed by atoms with Crippen LogP contribution in [0.4, 0.5) is 0 Å². The van der Waals surface area contributed by atoms with Crippen LogP contribution in [0, 0.1) is 0 Å². The number of benzene rings is 1. The first-order chi connectivity index (χ1) is 10.5. The van der Waals surface area contributed by atoms with Gasteiger partial charge in [-0.1, -0.05) is 28.1 Å². The summed E-state index contributed by atoms with van der Waals surface area (Å²) < 4.78 is 5.60. The van der Waals surface area contributed by atoms with Gasteiger partial charge >= 0.3 is 5.97 Å². The molecule has 0 N–H and O–H groups in total. The number of hydrogen-bond donors (Lipinski definition) is 0. The van der Waals surface area contributed by atoms with Crippen LogP contribution in [0.25, 0.3) is 0 Å². The molecule has 1 aliphatic heterocycles. The quantitative estimate of drug-likeness (QED) is 0.575. The summed E-state index contributed by atoms with van der Waals surface area (Å²) in [6, 6.07) is 6.49. The molecule has 1 aromatic carbocycles. The van der Waals surface area contributed by atoms with Gasteiger partial charge in [0.1, 0.15) is 6.04 Å². The number of methoxy groups -OCH3 is 1. The van der Waals surface area contributed by atoms with Crippen LogP contribution in [-0.2, 0) is 14.3 Å². The van der Waals surface area contributed by atoms with Crippen LogP contribution in [-0.4, -0.2) is 47.3 Å². The van der Waals surface area contributed by atoms with Gasteiger partial charge in [-0.15, -0.1) is 11.8 Å². The molecule has 1 fully saturated rings. The van der Waals surface area contributed by atoms with Crippen molar-refractivity contribution in [2.75, 3.05) is 18.7 Å². The highest BCUT2D eigenvalue weighted by Gasteiger charge is 2.35. The summed E-state index contributed by atoms with van der Waals surface area (Å²) in [4.78, 5) is 37.4. The van der Waals surface area contributed by atoms with Gasteiger partial charge < -0.3 is 9.64 Å². The van der Waals surface area contributed by atoms with E-state index in [1.807, 2.05) is 0 Å². The van der Waals surface area contributed by atoms with E-state index in [9.17, 15) is 14.4 Å². The molecule has 1 amide bonds. The first-order valence-corrected chi connectivity index (χ1v) is 8.71. The summed E-state index contributed by atoms with van der Waals surface area (Å²) in [5.41, 5.74) is 0.580. The van der Waals surface area contributed by atoms with Crippen LogP contribution in [0.3, 0.4) is 0 Å². The maximum absolute atomic E-state index is 12.2. The van der Waals surface area contributed by atoms with Crippen molar-refractivity contribution < 1.29 is 19.1 Å². The van der Waals surface area contributed by atoms with E-state index in [0.29, 0.717) is 17.2 Å². The lowest BCUT2D eigenvalue weighted by atomic mass is 10.1. The lowest BCUT2D eigenvalue weighted by Gasteiger charge is -2.21. The largest absolute Gasteiger partial charge is 0.467 e. The molecule has 2 rings (SSSR count). The molecule has 0 unspecified atom stereocenters. The smallest absolute Gasteiger partial charge is 0.329 e. The zero-order valence-corrected chi connectivity index (χ0v) is 14.5. The van der Waals surface area contributed by atoms with Gasteiger partial charge in [-0.25, -0.2) is 4.79 Å². The average Bonchev–Trinajstić information content (AvgIpc) is 3.01. The first-order valence-electron chi connectivity index (χ1n) is 6.76. The number of thioether (sulfide) groups is 1. The van der Waals surface area contributed by atoms with Crippen molar-refractivity contribution in [3.63, 3.8) is 0 Å². The van der Waals surface area contributed by atoms with Crippen LogP contribution < -0.4 is 0 Å². The van der Waals surface area contributed by atoms with Crippen molar-refractivity contribution in [1.82, 2.24) is 4.90 Å². The minimum Gasteiger partial charge on any atom is -0.467 e. The van der Waals surface area contributed by atoms with Gasteiger partial charge in [0.2, 0.25) is 5.91 Å². The zero-order chi connectivity index (χ0) is 16.1. The second-order valence-electron chi connectivity index (χ2n) is 4.83. The Balaban J connectivity index is 1.90. The third-order valence-corrected chi connectivity index (χ3v) is 4.95. The molecule has 0 radical (unpaired) electrons. The van der Waals surface area contributed by atoms with Crippen LogP contribution in [0.15, 0.2) is 28.7 Å². The zero-order valence-electron chi connectivity index (χ0n) is 12.1. The molecule has 1 atom stereocenters. The fourth-order valence-corrected chi connectivity index (χ4v) is 3.59. The summed E-state index contributed by atoms with van der Waals surface area (Å²) in [6.07, 6.45) is 0.235. The number of esters is 1. The first kappa shape index (κ1) is 17.0. The molecular weight excluding hydrogens is 370 g/mol. The Kier molecular flexibility index (Phi) is 6.02. The predicted octanol–water partition coefficient (Wildman–Crippen LogP) is 2.49. The molecular formula is C15H16BrNO4S. The molecule has 22 heavy (non-hydrogen) atoms. The number of ketones is 1. The average molecular weight is 386 g/mol. The molecule has 1 heterocycles. The summed E-state index contributed by atoms with van der Waals surface area (Å²) in [5.74, 6) is 0.329. The van der Waals surface area contributed by atoms with Gasteiger partial charge in [-0.05, 0) is 12.1 Å². The molecule has 0 aromatic heterocycles. The summed E-state index contributed by atoms with van der Waals surface area (Å²) in [7, 11) is 1.31. The number of rotatable bonds is 5. The van der Waals surface area contributed by atoms with Gasteiger partial charge in [-0.3, -0.25) is 9.59 Å². The summed E-state index contributed by atoms with van der Waals surface area (Å²) in [5, 5.41) is 0. The van der Waals surface area contributed by atoms with E-state index < -0.39 is 12.0 Å². The Hall–Kier alpha value is -1.34. The number of amides is 1. The Labute approximate surface area is 141 Å². The molecule has 5 nitrogen and oxygen atoms in total. The van der Waals surface area contributed by atoms with Gasteiger partial charge in [-0.2, -0.15) is 0 Å². The molecule has 0 spiro atoms. The van der Waals surface area contributed by atoms with Gasteiger partial charge in [0.25, 0.3) is 0 Å². The van der Waals surface area contributed by atoms with Crippen LogP contribution >= 0.6 is 27.7 Å². The molecule has 1 saturated heterocycles. The van der Waals surface area contributed by atoms with Gasteiger partial charge in [0.05, 0.1) is 13.0 Å². The topological polar surface area (TPSA) is 63.7 Å². The minimum absolute atomic E-state index is 0.0812. The fourth-order valence-electron chi connectivity index (χ4n) is 2.16. The van der Waals surface area contributed by atoms with Crippen LogP contribution in [0.2, 0.25) is 0 Å². The van der Waals surface area contributed by atoms with E-state index in [2.05, 4.69) is 15.9 Å². The number of halogens is 1. The summed E-state index contributed by atoms with van der Waals surface area (Å²) in [6.45, 7) is 0. The van der Waals surface area contributed by atoms with E-state index in [-0.39, 0.29) is 24.5 Å². The van der Waals surface area contributed by atoms with E-state index in [4.69, 9.17) is 4.74 Å². The van der Waals surface area contributed by atoms with Crippen molar-refractivity contribution in [1.29, 1.82) is 0 Å². The number of nitrogens with zero attached hydrogens (tertiary/aromatic N) is 1. The van der Waals surface area contributed by atoms with Crippen LogP contribution in [0.5, 0.6) is 0 Å². The highest BCUT2D eigenvalue weighted by Crippen LogP contribution is 2.23. The number of Topliss-reactive ketones (excluding diaryl/α,β-unsaturated/α-hetero) is 1. The fraction of sp³-hybridized carbons (Fsp3) is 0.400. The second-order valence-corrected chi connectivity index (χ2v) is 6.75. The molecule has 7 heteroatoms. The van der Waals surface area contributed by atoms with Crippen molar-refractivity contribution in [3.05, 3.63) is 34.3 Å². The normalized spacial score (nSPS) is 17.4. The van der Waals surface area contributed by atoms with E-state index in [1.54, 1.807) is 24.3 Å². The number of carbonyl (C=O) groups is 3. The highest BCUT2D eigenvalue weighted by atomic mass is 79.9. The van der Waals surface area contributed by atoms with E-state index in [0.717, 1.165) is 4.47 Å². The van der Waals surface area contributed by atoms with Crippen LogP contribution in [0.1, 0.15) is 23.2 Å². The standard InChI is InChI=1S/C15H16BrNO4S/c1-21-15(20)12-8-22-9-17(12)14(19)7-6-13(18)10-2-4-11(16)5-3-10/h2-5,12H,6-9H2,1H3/t12-/m0/s1. The molecule has 118 valence electrons. The van der Waals surface area contributed by atoms with Crippen molar-refractivity contribution in [2.24, 2.45) is 0 Å². The Morgan fingerprint density at radius 1 is 1.27 bits per heavy atom. The van der Waals surface area contributed by atoms with Crippen molar-refractivity contribution >= 4 is 45.4 Å². The summed E-state index contributed by atoms with van der Waals surface area (Å²) >= 11 is 4.82.